The second-order valence-electron chi connectivity index (χ2n) is 5.07. The summed E-state index contributed by atoms with van der Waals surface area (Å²) in [5.41, 5.74) is 9.41. The highest BCUT2D eigenvalue weighted by Crippen LogP contribution is 2.28. The fourth-order valence-corrected chi connectivity index (χ4v) is 2.26. The number of aryl methyl sites for hydroxylation is 2. The Labute approximate surface area is 102 Å². The number of nitrogens with two attached hydrogens (primary N) is 1. The molecule has 0 bridgehead atoms. The SMILES string of the molecule is Cc1nc(N)c2c(C)c(C)n(CC(C)C)c2n1. The van der Waals surface area contributed by atoms with E-state index in [0.717, 1.165) is 23.4 Å². The van der Waals surface area contributed by atoms with E-state index >= 15 is 0 Å². The molecule has 0 spiro atoms. The van der Waals surface area contributed by atoms with E-state index in [1.807, 2.05) is 6.92 Å². The zero-order valence-corrected chi connectivity index (χ0v) is 11.2. The summed E-state index contributed by atoms with van der Waals surface area (Å²) < 4.78 is 2.25. The first-order chi connectivity index (χ1) is 7.91. The normalized spacial score (nSPS) is 11.6. The molecule has 0 aliphatic rings. The maximum atomic E-state index is 6.01. The summed E-state index contributed by atoms with van der Waals surface area (Å²) in [4.78, 5) is 8.79. The van der Waals surface area contributed by atoms with E-state index in [-0.39, 0.29) is 0 Å². The molecule has 0 aromatic carbocycles. The van der Waals surface area contributed by atoms with Crippen molar-refractivity contribution in [1.82, 2.24) is 14.5 Å². The molecule has 0 fully saturated rings. The van der Waals surface area contributed by atoms with Gasteiger partial charge in [0.2, 0.25) is 0 Å². The van der Waals surface area contributed by atoms with E-state index in [1.54, 1.807) is 0 Å². The van der Waals surface area contributed by atoms with E-state index in [1.165, 1.54) is 11.3 Å². The van der Waals surface area contributed by atoms with E-state index in [9.17, 15) is 0 Å². The fourth-order valence-electron chi connectivity index (χ4n) is 2.26. The van der Waals surface area contributed by atoms with Gasteiger partial charge in [-0.2, -0.15) is 0 Å². The van der Waals surface area contributed by atoms with Crippen LogP contribution in [-0.2, 0) is 6.54 Å². The number of aromatic nitrogens is 3. The highest BCUT2D eigenvalue weighted by atomic mass is 15.1. The van der Waals surface area contributed by atoms with Crippen LogP contribution in [0.25, 0.3) is 11.0 Å². The van der Waals surface area contributed by atoms with E-state index in [4.69, 9.17) is 5.73 Å². The summed E-state index contributed by atoms with van der Waals surface area (Å²) in [5, 5.41) is 1.01. The van der Waals surface area contributed by atoms with Crippen LogP contribution in [0.1, 0.15) is 30.9 Å². The molecule has 4 heteroatoms. The van der Waals surface area contributed by atoms with Crippen LogP contribution in [0, 0.1) is 26.7 Å². The Kier molecular flexibility index (Phi) is 2.81. The molecular formula is C13H20N4. The van der Waals surface area contributed by atoms with Crippen LogP contribution in [0.2, 0.25) is 0 Å². The summed E-state index contributed by atoms with van der Waals surface area (Å²) in [5.74, 6) is 1.91. The molecule has 0 atom stereocenters. The maximum absolute atomic E-state index is 6.01. The fraction of sp³-hybridized carbons (Fsp3) is 0.538. The minimum absolute atomic E-state index is 0.584. The van der Waals surface area contributed by atoms with Crippen LogP contribution in [0.5, 0.6) is 0 Å². The van der Waals surface area contributed by atoms with E-state index in [0.29, 0.717) is 11.7 Å². The van der Waals surface area contributed by atoms with Crippen LogP contribution in [0.3, 0.4) is 0 Å². The molecule has 0 aliphatic carbocycles. The predicted molar refractivity (Wildman–Crippen MR) is 71.0 cm³/mol. The van der Waals surface area contributed by atoms with Crippen LogP contribution in [0.15, 0.2) is 0 Å². The smallest absolute Gasteiger partial charge is 0.146 e. The first-order valence-electron chi connectivity index (χ1n) is 6.01. The van der Waals surface area contributed by atoms with Gasteiger partial charge in [0.25, 0.3) is 0 Å². The minimum atomic E-state index is 0.584. The standard InChI is InChI=1S/C13H20N4/c1-7(2)6-17-9(4)8(3)11-12(14)15-10(5)16-13(11)17/h7H,6H2,1-5H3,(H2,14,15,16). The van der Waals surface area contributed by atoms with E-state index < -0.39 is 0 Å². The second kappa shape index (κ2) is 4.02. The third-order valence-corrected chi connectivity index (χ3v) is 3.16. The lowest BCUT2D eigenvalue weighted by Crippen LogP contribution is -2.07. The molecule has 0 saturated carbocycles. The van der Waals surface area contributed by atoms with Crippen LogP contribution >= 0.6 is 0 Å². The van der Waals surface area contributed by atoms with Crippen molar-refractivity contribution in [3.05, 3.63) is 17.1 Å². The van der Waals surface area contributed by atoms with Crippen molar-refractivity contribution in [3.63, 3.8) is 0 Å². The molecule has 0 amide bonds. The number of nitrogens with zero attached hydrogens (tertiary/aromatic N) is 3. The molecule has 2 rings (SSSR count). The maximum Gasteiger partial charge on any atom is 0.146 e. The Morgan fingerprint density at radius 2 is 1.82 bits per heavy atom. The van der Waals surface area contributed by atoms with Crippen molar-refractivity contribution >= 4 is 16.9 Å². The summed E-state index contributed by atoms with van der Waals surface area (Å²) in [6.07, 6.45) is 0. The Hall–Kier alpha value is -1.58. The number of fused-ring (bicyclic) bond motifs is 1. The number of nitrogen functional groups attached to an aromatic ring is 1. The topological polar surface area (TPSA) is 56.7 Å². The molecule has 0 unspecified atom stereocenters. The summed E-state index contributed by atoms with van der Waals surface area (Å²) >= 11 is 0. The van der Waals surface area contributed by atoms with Gasteiger partial charge < -0.3 is 10.3 Å². The molecule has 2 heterocycles. The van der Waals surface area contributed by atoms with Crippen molar-refractivity contribution < 1.29 is 0 Å². The lowest BCUT2D eigenvalue weighted by Gasteiger charge is -2.10. The predicted octanol–water partition coefficient (Wildman–Crippen LogP) is 2.59. The molecule has 2 N–H and O–H groups in total. The largest absolute Gasteiger partial charge is 0.383 e. The number of anilines is 1. The molecule has 0 radical (unpaired) electrons. The number of hydrogen-bond acceptors (Lipinski definition) is 3. The molecule has 92 valence electrons. The van der Waals surface area contributed by atoms with Gasteiger partial charge in [0.1, 0.15) is 17.3 Å². The number of rotatable bonds is 2. The first-order valence-corrected chi connectivity index (χ1v) is 6.01. The quantitative estimate of drug-likeness (QED) is 0.865. The average molecular weight is 232 g/mol. The Morgan fingerprint density at radius 1 is 1.18 bits per heavy atom. The highest BCUT2D eigenvalue weighted by molar-refractivity contribution is 5.91. The van der Waals surface area contributed by atoms with Gasteiger partial charge in [0, 0.05) is 12.2 Å². The summed E-state index contributed by atoms with van der Waals surface area (Å²) in [6, 6.07) is 0. The number of hydrogen-bond donors (Lipinski definition) is 1. The van der Waals surface area contributed by atoms with Crippen molar-refractivity contribution in [3.8, 4) is 0 Å². The van der Waals surface area contributed by atoms with Gasteiger partial charge in [-0.1, -0.05) is 13.8 Å². The van der Waals surface area contributed by atoms with Crippen molar-refractivity contribution in [2.75, 3.05) is 5.73 Å². The van der Waals surface area contributed by atoms with Gasteiger partial charge >= 0.3 is 0 Å². The van der Waals surface area contributed by atoms with Crippen LogP contribution in [0.4, 0.5) is 5.82 Å². The van der Waals surface area contributed by atoms with Gasteiger partial charge in [-0.25, -0.2) is 9.97 Å². The Bertz CT molecular complexity index is 567. The monoisotopic (exact) mass is 232 g/mol. The average Bonchev–Trinajstić information content (AvgIpc) is 2.42. The lowest BCUT2D eigenvalue weighted by atomic mass is 10.2. The van der Waals surface area contributed by atoms with Crippen LogP contribution < -0.4 is 5.73 Å². The zero-order chi connectivity index (χ0) is 12.7. The Morgan fingerprint density at radius 3 is 2.41 bits per heavy atom. The summed E-state index contributed by atoms with van der Waals surface area (Å²) in [6.45, 7) is 11.5. The van der Waals surface area contributed by atoms with Gasteiger partial charge in [0.05, 0.1) is 5.39 Å². The molecule has 0 saturated heterocycles. The third-order valence-electron chi connectivity index (χ3n) is 3.16. The minimum Gasteiger partial charge on any atom is -0.383 e. The van der Waals surface area contributed by atoms with Gasteiger partial charge in [-0.3, -0.25) is 0 Å². The highest BCUT2D eigenvalue weighted by Gasteiger charge is 2.16. The third kappa shape index (κ3) is 1.88. The van der Waals surface area contributed by atoms with Crippen LogP contribution in [-0.4, -0.2) is 14.5 Å². The first kappa shape index (κ1) is 11.9. The lowest BCUT2D eigenvalue weighted by molar-refractivity contribution is 0.524. The second-order valence-corrected chi connectivity index (χ2v) is 5.07. The molecule has 17 heavy (non-hydrogen) atoms. The summed E-state index contributed by atoms with van der Waals surface area (Å²) in [7, 11) is 0. The molecule has 0 aliphatic heterocycles. The van der Waals surface area contributed by atoms with Crippen molar-refractivity contribution in [2.24, 2.45) is 5.92 Å². The molecule has 4 nitrogen and oxygen atoms in total. The molecular weight excluding hydrogens is 212 g/mol. The van der Waals surface area contributed by atoms with Gasteiger partial charge in [-0.05, 0) is 32.3 Å². The molecule has 2 aromatic heterocycles. The zero-order valence-electron chi connectivity index (χ0n) is 11.2. The van der Waals surface area contributed by atoms with Crippen molar-refractivity contribution in [2.45, 2.75) is 41.2 Å². The molecule has 2 aromatic rings. The Balaban J connectivity index is 2.79. The van der Waals surface area contributed by atoms with Crippen molar-refractivity contribution in [1.29, 1.82) is 0 Å². The van der Waals surface area contributed by atoms with E-state index in [2.05, 4.69) is 42.2 Å². The van der Waals surface area contributed by atoms with Gasteiger partial charge in [0.15, 0.2) is 0 Å². The van der Waals surface area contributed by atoms with Gasteiger partial charge in [-0.15, -0.1) is 0 Å².